The number of aromatic nitrogens is 5. The molecule has 0 aliphatic carbocycles. The van der Waals surface area contributed by atoms with E-state index < -0.39 is 17.3 Å². The molecule has 1 aliphatic heterocycles. The molecule has 5 heterocycles. The molecule has 35 heavy (non-hydrogen) atoms. The van der Waals surface area contributed by atoms with Crippen molar-refractivity contribution in [3.63, 3.8) is 0 Å². The largest absolute Gasteiger partial charge is 0.330 e. The SMILES string of the molecule is Cc1ccncc1-c1cc2n(CC(=O)Nc3ccc(F)cn3)c3c(c(=O)n2n1)CN(C(C)C)C3=O. The molecule has 0 atom stereocenters. The Morgan fingerprint density at radius 2 is 2.00 bits per heavy atom. The Balaban J connectivity index is 1.65. The zero-order chi connectivity index (χ0) is 24.9. The van der Waals surface area contributed by atoms with Crippen LogP contribution in [0.3, 0.4) is 0 Å². The summed E-state index contributed by atoms with van der Waals surface area (Å²) in [6, 6.07) is 5.88. The van der Waals surface area contributed by atoms with E-state index >= 15 is 0 Å². The number of halogens is 1. The third kappa shape index (κ3) is 3.84. The van der Waals surface area contributed by atoms with Crippen molar-refractivity contribution in [3.8, 4) is 11.3 Å². The van der Waals surface area contributed by atoms with Crippen molar-refractivity contribution in [2.45, 2.75) is 39.9 Å². The molecule has 1 aliphatic rings. The summed E-state index contributed by atoms with van der Waals surface area (Å²) >= 11 is 0. The predicted octanol–water partition coefficient (Wildman–Crippen LogP) is 2.40. The maximum Gasteiger partial charge on any atom is 0.280 e. The van der Waals surface area contributed by atoms with E-state index in [-0.39, 0.29) is 42.1 Å². The van der Waals surface area contributed by atoms with Crippen LogP contribution in [-0.4, -0.2) is 46.9 Å². The summed E-state index contributed by atoms with van der Waals surface area (Å²) in [5, 5.41) is 7.11. The van der Waals surface area contributed by atoms with Gasteiger partial charge in [0, 0.05) is 30.1 Å². The smallest absolute Gasteiger partial charge is 0.280 e. The van der Waals surface area contributed by atoms with E-state index in [0.29, 0.717) is 11.3 Å². The lowest BCUT2D eigenvalue weighted by Gasteiger charge is -2.20. The zero-order valence-electron chi connectivity index (χ0n) is 19.3. The van der Waals surface area contributed by atoms with Gasteiger partial charge in [-0.15, -0.1) is 0 Å². The first-order valence-corrected chi connectivity index (χ1v) is 11.0. The normalized spacial score (nSPS) is 13.1. The van der Waals surface area contributed by atoms with Crippen LogP contribution in [0.4, 0.5) is 10.2 Å². The van der Waals surface area contributed by atoms with Gasteiger partial charge in [-0.2, -0.15) is 9.61 Å². The van der Waals surface area contributed by atoms with Gasteiger partial charge in [-0.25, -0.2) is 9.37 Å². The minimum Gasteiger partial charge on any atom is -0.330 e. The van der Waals surface area contributed by atoms with Crippen LogP contribution in [0.25, 0.3) is 16.9 Å². The molecule has 0 saturated carbocycles. The topological polar surface area (TPSA) is 114 Å². The number of fused-ring (bicyclic) bond motifs is 2. The van der Waals surface area contributed by atoms with Gasteiger partial charge < -0.3 is 14.8 Å². The van der Waals surface area contributed by atoms with Crippen molar-refractivity contribution in [2.24, 2.45) is 0 Å². The van der Waals surface area contributed by atoms with Gasteiger partial charge in [0.25, 0.3) is 11.5 Å². The van der Waals surface area contributed by atoms with Gasteiger partial charge in [-0.05, 0) is 44.5 Å². The number of rotatable bonds is 5. The number of nitrogens with zero attached hydrogens (tertiary/aromatic N) is 6. The predicted molar refractivity (Wildman–Crippen MR) is 125 cm³/mol. The average Bonchev–Trinajstić information content (AvgIpc) is 3.41. The van der Waals surface area contributed by atoms with Crippen LogP contribution in [0, 0.1) is 12.7 Å². The molecule has 1 N–H and O–H groups in total. The van der Waals surface area contributed by atoms with Crippen LogP contribution in [0.15, 0.2) is 47.7 Å². The summed E-state index contributed by atoms with van der Waals surface area (Å²) in [6.07, 6.45) is 4.31. The summed E-state index contributed by atoms with van der Waals surface area (Å²) in [6.45, 7) is 5.48. The van der Waals surface area contributed by atoms with E-state index in [1.165, 1.54) is 21.2 Å². The van der Waals surface area contributed by atoms with E-state index in [2.05, 4.69) is 20.4 Å². The van der Waals surface area contributed by atoms with Gasteiger partial charge >= 0.3 is 0 Å². The highest BCUT2D eigenvalue weighted by molar-refractivity contribution is 5.98. The Hall–Kier alpha value is -4.41. The van der Waals surface area contributed by atoms with Gasteiger partial charge in [-0.3, -0.25) is 19.4 Å². The Morgan fingerprint density at radius 3 is 2.69 bits per heavy atom. The molecule has 4 aromatic rings. The highest BCUT2D eigenvalue weighted by atomic mass is 19.1. The van der Waals surface area contributed by atoms with Crippen LogP contribution in [0.5, 0.6) is 0 Å². The average molecular weight is 475 g/mol. The first kappa shape index (κ1) is 22.4. The van der Waals surface area contributed by atoms with E-state index in [0.717, 1.165) is 17.3 Å². The molecule has 2 amide bonds. The molecule has 0 bridgehead atoms. The van der Waals surface area contributed by atoms with Gasteiger partial charge in [0.15, 0.2) is 0 Å². The Bertz CT molecular complexity index is 1540. The molecule has 11 heteroatoms. The fraction of sp³-hybridized carbons (Fsp3) is 0.250. The molecule has 0 fully saturated rings. The fourth-order valence-corrected chi connectivity index (χ4v) is 4.20. The number of carbonyl (C=O) groups is 2. The fourth-order valence-electron chi connectivity index (χ4n) is 4.20. The zero-order valence-corrected chi connectivity index (χ0v) is 19.3. The van der Waals surface area contributed by atoms with E-state index in [4.69, 9.17) is 0 Å². The molecular weight excluding hydrogens is 453 g/mol. The molecule has 178 valence electrons. The minimum atomic E-state index is -0.528. The molecule has 0 spiro atoms. The summed E-state index contributed by atoms with van der Waals surface area (Å²) in [5.74, 6) is -1.18. The molecule has 0 aromatic carbocycles. The summed E-state index contributed by atoms with van der Waals surface area (Å²) in [5.41, 5.74) is 2.48. The molecule has 5 rings (SSSR count). The van der Waals surface area contributed by atoms with Crippen LogP contribution < -0.4 is 10.9 Å². The van der Waals surface area contributed by atoms with Crippen molar-refractivity contribution in [3.05, 3.63) is 75.8 Å². The van der Waals surface area contributed by atoms with Crippen molar-refractivity contribution in [1.82, 2.24) is 29.0 Å². The Morgan fingerprint density at radius 1 is 1.20 bits per heavy atom. The van der Waals surface area contributed by atoms with Gasteiger partial charge in [0.1, 0.15) is 29.5 Å². The number of aryl methyl sites for hydroxylation is 1. The van der Waals surface area contributed by atoms with E-state index in [1.807, 2.05) is 26.8 Å². The monoisotopic (exact) mass is 475 g/mol. The third-order valence-electron chi connectivity index (χ3n) is 6.00. The first-order chi connectivity index (χ1) is 16.7. The molecule has 4 aromatic heterocycles. The van der Waals surface area contributed by atoms with Crippen molar-refractivity contribution in [1.29, 1.82) is 0 Å². The van der Waals surface area contributed by atoms with Crippen LogP contribution in [0.1, 0.15) is 35.5 Å². The number of anilines is 1. The lowest BCUT2D eigenvalue weighted by atomic mass is 10.1. The molecule has 0 radical (unpaired) electrons. The van der Waals surface area contributed by atoms with Gasteiger partial charge in [0.05, 0.1) is 24.0 Å². The number of pyridine rings is 2. The number of nitrogens with one attached hydrogen (secondary N) is 1. The molecule has 0 saturated heterocycles. The lowest BCUT2D eigenvalue weighted by molar-refractivity contribution is -0.116. The summed E-state index contributed by atoms with van der Waals surface area (Å²) < 4.78 is 15.9. The number of amides is 2. The first-order valence-electron chi connectivity index (χ1n) is 11.0. The summed E-state index contributed by atoms with van der Waals surface area (Å²) in [7, 11) is 0. The second-order valence-corrected chi connectivity index (χ2v) is 8.65. The van der Waals surface area contributed by atoms with Crippen molar-refractivity contribution >= 4 is 23.3 Å². The number of hydrogen-bond donors (Lipinski definition) is 1. The number of hydrogen-bond acceptors (Lipinski definition) is 6. The van der Waals surface area contributed by atoms with Crippen LogP contribution in [-0.2, 0) is 17.9 Å². The summed E-state index contributed by atoms with van der Waals surface area (Å²) in [4.78, 5) is 49.2. The maximum absolute atomic E-state index is 13.4. The maximum atomic E-state index is 13.4. The third-order valence-corrected chi connectivity index (χ3v) is 6.00. The van der Waals surface area contributed by atoms with Crippen LogP contribution in [0.2, 0.25) is 0 Å². The molecule has 0 unspecified atom stereocenters. The van der Waals surface area contributed by atoms with E-state index in [9.17, 15) is 18.8 Å². The van der Waals surface area contributed by atoms with Gasteiger partial charge in [-0.1, -0.05) is 0 Å². The second kappa shape index (κ2) is 8.42. The molecular formula is C24H22FN7O3. The quantitative estimate of drug-likeness (QED) is 0.474. The van der Waals surface area contributed by atoms with Crippen molar-refractivity contribution < 1.29 is 14.0 Å². The molecule has 10 nitrogen and oxygen atoms in total. The Labute approximate surface area is 199 Å². The Kier molecular flexibility index (Phi) is 5.39. The van der Waals surface area contributed by atoms with Crippen LogP contribution >= 0.6 is 0 Å². The minimum absolute atomic E-state index is 0.128. The number of carbonyl (C=O) groups excluding carboxylic acids is 2. The second-order valence-electron chi connectivity index (χ2n) is 8.65. The standard InChI is InChI=1S/C24H22FN7O3/c1-13(2)30-11-17-22(24(30)35)31(12-20(33)28-19-5-4-15(25)9-27-19)21-8-18(29-32(21)23(17)34)16-10-26-7-6-14(16)3/h4-10,13H,11-12H2,1-3H3,(H,27,28,33). The van der Waals surface area contributed by atoms with Crippen molar-refractivity contribution in [2.75, 3.05) is 5.32 Å². The highest BCUT2D eigenvalue weighted by Gasteiger charge is 2.36. The van der Waals surface area contributed by atoms with Gasteiger partial charge in [0.2, 0.25) is 5.91 Å². The lowest BCUT2D eigenvalue weighted by Crippen LogP contribution is -2.32. The van der Waals surface area contributed by atoms with E-state index in [1.54, 1.807) is 23.4 Å². The highest BCUT2D eigenvalue weighted by Crippen LogP contribution is 2.27.